The molecule has 0 aliphatic heterocycles. The lowest BCUT2D eigenvalue weighted by atomic mass is 10.2. The minimum Gasteiger partial charge on any atom is -0.493 e. The molecule has 0 atom stereocenters. The summed E-state index contributed by atoms with van der Waals surface area (Å²) < 4.78 is 9.96. The summed E-state index contributed by atoms with van der Waals surface area (Å²) in [6.07, 6.45) is 0. The summed E-state index contributed by atoms with van der Waals surface area (Å²) in [4.78, 5) is 21.2. The van der Waals surface area contributed by atoms with Crippen molar-refractivity contribution in [2.75, 3.05) is 13.7 Å². The fourth-order valence-corrected chi connectivity index (χ4v) is 1.07. The molecule has 1 aromatic carbocycles. The number of ether oxygens (including phenoxy) is 2. The Morgan fingerprint density at radius 2 is 2.06 bits per heavy atom. The molecule has 0 spiro atoms. The molecule has 6 nitrogen and oxygen atoms in total. The Morgan fingerprint density at radius 3 is 2.56 bits per heavy atom. The van der Waals surface area contributed by atoms with E-state index in [2.05, 4.69) is 0 Å². The summed E-state index contributed by atoms with van der Waals surface area (Å²) in [7, 11) is 1.41. The first-order chi connectivity index (χ1) is 7.54. The highest BCUT2D eigenvalue weighted by Crippen LogP contribution is 2.27. The van der Waals surface area contributed by atoms with E-state index in [0.717, 1.165) is 0 Å². The van der Waals surface area contributed by atoms with Crippen LogP contribution < -0.4 is 15.2 Å². The molecule has 0 heterocycles. The molecule has 0 aromatic heterocycles. The lowest BCUT2D eigenvalue weighted by Crippen LogP contribution is -2.20. The van der Waals surface area contributed by atoms with Gasteiger partial charge in [0.2, 0.25) is 0 Å². The Kier molecular flexibility index (Phi) is 3.71. The molecule has 0 radical (unpaired) electrons. The van der Waals surface area contributed by atoms with Crippen molar-refractivity contribution < 1.29 is 24.2 Å². The first-order valence-electron chi connectivity index (χ1n) is 4.37. The summed E-state index contributed by atoms with van der Waals surface area (Å²) in [5, 5.41) is 8.76. The minimum atomic E-state index is -1.09. The van der Waals surface area contributed by atoms with Crippen molar-refractivity contribution >= 4 is 11.9 Å². The summed E-state index contributed by atoms with van der Waals surface area (Å²) in [6, 6.07) is 4.09. The van der Waals surface area contributed by atoms with Crippen LogP contribution in [0, 0.1) is 0 Å². The maximum Gasteiger partial charge on any atom is 0.335 e. The van der Waals surface area contributed by atoms with Gasteiger partial charge in [-0.15, -0.1) is 0 Å². The van der Waals surface area contributed by atoms with E-state index in [0.29, 0.717) is 5.75 Å². The number of nitrogens with two attached hydrogens (primary N) is 1. The first kappa shape index (κ1) is 11.8. The Balaban J connectivity index is 2.97. The van der Waals surface area contributed by atoms with Crippen molar-refractivity contribution in [3.05, 3.63) is 23.8 Å². The average Bonchev–Trinajstić information content (AvgIpc) is 2.25. The number of aromatic carboxylic acids is 1. The third-order valence-electron chi connectivity index (χ3n) is 1.78. The highest BCUT2D eigenvalue weighted by Gasteiger charge is 2.10. The van der Waals surface area contributed by atoms with Crippen LogP contribution in [-0.4, -0.2) is 30.7 Å². The zero-order valence-corrected chi connectivity index (χ0v) is 8.60. The molecule has 6 heteroatoms. The zero-order chi connectivity index (χ0) is 12.1. The van der Waals surface area contributed by atoms with Crippen molar-refractivity contribution in [2.45, 2.75) is 0 Å². The van der Waals surface area contributed by atoms with Crippen LogP contribution in [0.5, 0.6) is 11.5 Å². The minimum absolute atomic E-state index is 0.0419. The lowest BCUT2D eigenvalue weighted by Gasteiger charge is -2.09. The van der Waals surface area contributed by atoms with Gasteiger partial charge < -0.3 is 20.3 Å². The molecule has 0 bridgehead atoms. The number of amides is 1. The molecule has 0 unspecified atom stereocenters. The van der Waals surface area contributed by atoms with Crippen LogP contribution in [0.1, 0.15) is 10.4 Å². The van der Waals surface area contributed by atoms with Gasteiger partial charge in [-0.05, 0) is 18.2 Å². The molecule has 0 saturated heterocycles. The second-order valence-electron chi connectivity index (χ2n) is 2.93. The Bertz CT molecular complexity index is 416. The highest BCUT2D eigenvalue weighted by molar-refractivity contribution is 5.88. The van der Waals surface area contributed by atoms with E-state index in [1.54, 1.807) is 0 Å². The molecule has 1 rings (SSSR count). The predicted molar refractivity (Wildman–Crippen MR) is 54.6 cm³/mol. The SMILES string of the molecule is COc1ccc(C(=O)O)cc1OCC(N)=O. The normalized spacial score (nSPS) is 9.56. The van der Waals surface area contributed by atoms with Gasteiger partial charge in [-0.1, -0.05) is 0 Å². The number of hydrogen-bond acceptors (Lipinski definition) is 4. The van der Waals surface area contributed by atoms with Gasteiger partial charge >= 0.3 is 5.97 Å². The number of rotatable bonds is 5. The Labute approximate surface area is 91.6 Å². The molecule has 0 aliphatic carbocycles. The van der Waals surface area contributed by atoms with Gasteiger partial charge in [0.05, 0.1) is 12.7 Å². The van der Waals surface area contributed by atoms with Gasteiger partial charge in [0.15, 0.2) is 18.1 Å². The van der Waals surface area contributed by atoms with E-state index >= 15 is 0 Å². The van der Waals surface area contributed by atoms with Crippen molar-refractivity contribution in [1.29, 1.82) is 0 Å². The van der Waals surface area contributed by atoms with Crippen LogP contribution in [0.25, 0.3) is 0 Å². The average molecular weight is 225 g/mol. The van der Waals surface area contributed by atoms with Crippen LogP contribution in [0.4, 0.5) is 0 Å². The van der Waals surface area contributed by atoms with Gasteiger partial charge in [0.25, 0.3) is 5.91 Å². The summed E-state index contributed by atoms with van der Waals surface area (Å²) in [5.74, 6) is -1.23. The molecule has 0 aliphatic rings. The molecule has 1 amide bonds. The second-order valence-corrected chi connectivity index (χ2v) is 2.93. The smallest absolute Gasteiger partial charge is 0.335 e. The predicted octanol–water partition coefficient (Wildman–Crippen LogP) is 0.257. The number of primary amides is 1. The number of methoxy groups -OCH3 is 1. The van der Waals surface area contributed by atoms with Gasteiger partial charge in [0, 0.05) is 0 Å². The maximum atomic E-state index is 10.7. The van der Waals surface area contributed by atoms with Crippen molar-refractivity contribution in [3.8, 4) is 11.5 Å². The van der Waals surface area contributed by atoms with Crippen LogP contribution >= 0.6 is 0 Å². The maximum absolute atomic E-state index is 10.7. The lowest BCUT2D eigenvalue weighted by molar-refractivity contribution is -0.119. The summed E-state index contributed by atoms with van der Waals surface area (Å²) >= 11 is 0. The van der Waals surface area contributed by atoms with E-state index in [1.807, 2.05) is 0 Å². The quantitative estimate of drug-likeness (QED) is 0.748. The fourth-order valence-electron chi connectivity index (χ4n) is 1.07. The molecule has 3 N–H and O–H groups in total. The van der Waals surface area contributed by atoms with Crippen LogP contribution in [-0.2, 0) is 4.79 Å². The Hall–Kier alpha value is -2.24. The van der Waals surface area contributed by atoms with Crippen molar-refractivity contribution in [3.63, 3.8) is 0 Å². The van der Waals surface area contributed by atoms with Gasteiger partial charge in [0.1, 0.15) is 0 Å². The molecule has 16 heavy (non-hydrogen) atoms. The van der Waals surface area contributed by atoms with E-state index < -0.39 is 11.9 Å². The molecular weight excluding hydrogens is 214 g/mol. The first-order valence-corrected chi connectivity index (χ1v) is 4.37. The molecule has 1 aromatic rings. The largest absolute Gasteiger partial charge is 0.493 e. The number of hydrogen-bond donors (Lipinski definition) is 2. The number of carboxylic acids is 1. The molecular formula is C10H11NO5. The standard InChI is InChI=1S/C10H11NO5/c1-15-7-3-2-6(10(13)14)4-8(7)16-5-9(11)12/h2-4H,5H2,1H3,(H2,11,12)(H,13,14). The van der Waals surface area contributed by atoms with Crippen molar-refractivity contribution in [1.82, 2.24) is 0 Å². The van der Waals surface area contributed by atoms with E-state index in [1.165, 1.54) is 25.3 Å². The molecule has 0 saturated carbocycles. The highest BCUT2D eigenvalue weighted by atomic mass is 16.5. The number of carbonyl (C=O) groups is 2. The van der Waals surface area contributed by atoms with Crippen LogP contribution in [0.2, 0.25) is 0 Å². The number of carboxylic acid groups (broad SMARTS) is 1. The van der Waals surface area contributed by atoms with Crippen LogP contribution in [0.15, 0.2) is 18.2 Å². The summed E-state index contributed by atoms with van der Waals surface area (Å²) in [6.45, 7) is -0.334. The second kappa shape index (κ2) is 5.01. The fraction of sp³-hybridized carbons (Fsp3) is 0.200. The van der Waals surface area contributed by atoms with Gasteiger partial charge in [-0.25, -0.2) is 4.79 Å². The van der Waals surface area contributed by atoms with E-state index in [4.69, 9.17) is 20.3 Å². The molecule has 0 fully saturated rings. The third kappa shape index (κ3) is 2.88. The summed E-state index contributed by atoms with van der Waals surface area (Å²) in [5.41, 5.74) is 4.95. The van der Waals surface area contributed by atoms with E-state index in [-0.39, 0.29) is 17.9 Å². The van der Waals surface area contributed by atoms with Gasteiger partial charge in [-0.3, -0.25) is 4.79 Å². The molecule has 86 valence electrons. The Morgan fingerprint density at radius 1 is 1.38 bits per heavy atom. The van der Waals surface area contributed by atoms with E-state index in [9.17, 15) is 9.59 Å². The number of carbonyl (C=O) groups excluding carboxylic acids is 1. The van der Waals surface area contributed by atoms with Crippen LogP contribution in [0.3, 0.4) is 0 Å². The monoisotopic (exact) mass is 225 g/mol. The topological polar surface area (TPSA) is 98.8 Å². The zero-order valence-electron chi connectivity index (χ0n) is 8.60. The number of benzene rings is 1. The third-order valence-corrected chi connectivity index (χ3v) is 1.78. The van der Waals surface area contributed by atoms with Crippen molar-refractivity contribution in [2.24, 2.45) is 5.73 Å². The van der Waals surface area contributed by atoms with Gasteiger partial charge in [-0.2, -0.15) is 0 Å².